The van der Waals surface area contributed by atoms with Crippen LogP contribution in [0.2, 0.25) is 10.0 Å². The first-order chi connectivity index (χ1) is 13.9. The Morgan fingerprint density at radius 1 is 1.14 bits per heavy atom. The van der Waals surface area contributed by atoms with Crippen LogP contribution in [-0.4, -0.2) is 41.4 Å². The monoisotopic (exact) mass is 436 g/mol. The molecule has 156 valence electrons. The molecule has 3 nitrogen and oxygen atoms in total. The summed E-state index contributed by atoms with van der Waals surface area (Å²) in [6, 6.07) is 11.8. The van der Waals surface area contributed by atoms with Crippen molar-refractivity contribution in [2.75, 3.05) is 19.6 Å². The maximum Gasteiger partial charge on any atom is 0.254 e. The third-order valence-electron chi connectivity index (χ3n) is 5.55. The van der Waals surface area contributed by atoms with Gasteiger partial charge in [-0.05, 0) is 68.6 Å². The molecule has 0 aromatic heterocycles. The quantitative estimate of drug-likeness (QED) is 0.527. The van der Waals surface area contributed by atoms with E-state index in [1.807, 2.05) is 0 Å². The summed E-state index contributed by atoms with van der Waals surface area (Å²) < 4.78 is 13.3. The van der Waals surface area contributed by atoms with E-state index in [1.54, 1.807) is 35.2 Å². The summed E-state index contributed by atoms with van der Waals surface area (Å²) in [5.74, 6) is -0.380. The van der Waals surface area contributed by atoms with Gasteiger partial charge in [-0.25, -0.2) is 4.39 Å². The Morgan fingerprint density at radius 3 is 2.59 bits per heavy atom. The summed E-state index contributed by atoms with van der Waals surface area (Å²) in [7, 11) is 0. The lowest BCUT2D eigenvalue weighted by Gasteiger charge is -2.34. The van der Waals surface area contributed by atoms with Gasteiger partial charge in [0.15, 0.2) is 0 Å². The predicted molar refractivity (Wildman–Crippen MR) is 117 cm³/mol. The Morgan fingerprint density at radius 2 is 1.90 bits per heavy atom. The van der Waals surface area contributed by atoms with E-state index < -0.39 is 0 Å². The Labute approximate surface area is 182 Å². The topological polar surface area (TPSA) is 23.6 Å². The molecule has 0 bridgehead atoms. The second-order valence-corrected chi connectivity index (χ2v) is 8.53. The molecule has 2 aromatic carbocycles. The van der Waals surface area contributed by atoms with Crippen LogP contribution in [0.1, 0.15) is 48.5 Å². The maximum absolute atomic E-state index is 13.3. The Balaban J connectivity index is 1.70. The molecule has 6 heteroatoms. The van der Waals surface area contributed by atoms with Crippen LogP contribution in [-0.2, 0) is 6.54 Å². The van der Waals surface area contributed by atoms with Crippen molar-refractivity contribution >= 4 is 29.1 Å². The van der Waals surface area contributed by atoms with Gasteiger partial charge >= 0.3 is 0 Å². The van der Waals surface area contributed by atoms with Crippen molar-refractivity contribution in [1.29, 1.82) is 0 Å². The number of carbonyl (C=O) groups is 1. The number of likely N-dealkylation sites (tertiary alicyclic amines) is 1. The van der Waals surface area contributed by atoms with E-state index in [0.29, 0.717) is 34.7 Å². The van der Waals surface area contributed by atoms with Crippen molar-refractivity contribution in [2.45, 2.75) is 45.2 Å². The van der Waals surface area contributed by atoms with Gasteiger partial charge in [0, 0.05) is 31.2 Å². The first-order valence-corrected chi connectivity index (χ1v) is 10.9. The second kappa shape index (κ2) is 10.4. The van der Waals surface area contributed by atoms with Gasteiger partial charge in [0.1, 0.15) is 5.82 Å². The van der Waals surface area contributed by atoms with E-state index in [0.717, 1.165) is 25.1 Å². The molecule has 1 atom stereocenters. The Bertz CT molecular complexity index is 828. The van der Waals surface area contributed by atoms with E-state index >= 15 is 0 Å². The zero-order chi connectivity index (χ0) is 20.8. The number of halogens is 3. The molecule has 1 fully saturated rings. The summed E-state index contributed by atoms with van der Waals surface area (Å²) in [5.41, 5.74) is 1.40. The molecule has 1 saturated heterocycles. The third-order valence-corrected chi connectivity index (χ3v) is 6.29. The predicted octanol–water partition coefficient (Wildman–Crippen LogP) is 6.04. The van der Waals surface area contributed by atoms with Crippen LogP contribution < -0.4 is 0 Å². The van der Waals surface area contributed by atoms with Crippen molar-refractivity contribution in [1.82, 2.24) is 9.80 Å². The van der Waals surface area contributed by atoms with Crippen molar-refractivity contribution in [3.63, 3.8) is 0 Å². The lowest BCUT2D eigenvalue weighted by atomic mass is 10.0. The lowest BCUT2D eigenvalue weighted by molar-refractivity contribution is 0.0726. The van der Waals surface area contributed by atoms with Gasteiger partial charge in [0.05, 0.1) is 10.0 Å². The molecule has 1 heterocycles. The summed E-state index contributed by atoms with van der Waals surface area (Å²) in [6.07, 6.45) is 4.66. The van der Waals surface area contributed by atoms with Crippen LogP contribution in [0.5, 0.6) is 0 Å². The number of rotatable bonds is 7. The number of hydrogen-bond donors (Lipinski definition) is 0. The Kier molecular flexibility index (Phi) is 7.93. The van der Waals surface area contributed by atoms with Crippen molar-refractivity contribution in [3.05, 3.63) is 69.5 Å². The van der Waals surface area contributed by atoms with Gasteiger partial charge in [0.2, 0.25) is 0 Å². The van der Waals surface area contributed by atoms with E-state index in [-0.39, 0.29) is 11.7 Å². The van der Waals surface area contributed by atoms with Crippen molar-refractivity contribution < 1.29 is 9.18 Å². The molecule has 0 saturated carbocycles. The molecule has 1 unspecified atom stereocenters. The molecule has 0 aliphatic carbocycles. The number of piperidine rings is 1. The van der Waals surface area contributed by atoms with Crippen LogP contribution >= 0.6 is 23.2 Å². The van der Waals surface area contributed by atoms with E-state index in [1.165, 1.54) is 31.4 Å². The molecular formula is C23H27Cl2FN2O. The largest absolute Gasteiger partial charge is 0.334 e. The van der Waals surface area contributed by atoms with Crippen LogP contribution in [0, 0.1) is 5.82 Å². The molecule has 1 aliphatic heterocycles. The summed E-state index contributed by atoms with van der Waals surface area (Å²) in [5, 5.41) is 0.786. The first-order valence-electron chi connectivity index (χ1n) is 10.2. The fourth-order valence-electron chi connectivity index (χ4n) is 3.83. The lowest BCUT2D eigenvalue weighted by Crippen LogP contribution is -2.40. The van der Waals surface area contributed by atoms with E-state index in [9.17, 15) is 9.18 Å². The highest BCUT2D eigenvalue weighted by Gasteiger charge is 2.20. The van der Waals surface area contributed by atoms with Crippen LogP contribution in [0.3, 0.4) is 0 Å². The molecule has 0 N–H and O–H groups in total. The van der Waals surface area contributed by atoms with Crippen LogP contribution in [0.25, 0.3) is 0 Å². The zero-order valence-electron chi connectivity index (χ0n) is 16.7. The third kappa shape index (κ3) is 6.18. The van der Waals surface area contributed by atoms with E-state index in [2.05, 4.69) is 11.8 Å². The molecule has 3 rings (SSSR count). The van der Waals surface area contributed by atoms with Crippen molar-refractivity contribution in [2.24, 2.45) is 0 Å². The van der Waals surface area contributed by atoms with Crippen molar-refractivity contribution in [3.8, 4) is 0 Å². The number of benzene rings is 2. The smallest absolute Gasteiger partial charge is 0.254 e. The molecule has 29 heavy (non-hydrogen) atoms. The van der Waals surface area contributed by atoms with Gasteiger partial charge in [-0.2, -0.15) is 0 Å². The number of nitrogens with zero attached hydrogens (tertiary/aromatic N) is 2. The summed E-state index contributed by atoms with van der Waals surface area (Å²) in [6.45, 7) is 5.42. The standard InChI is InChI=1S/C23H27Cl2FN2O/c1-17-5-2-3-12-27(17)13-4-14-28(16-18-6-9-20(26)10-7-18)23(29)19-8-11-21(24)22(25)15-19/h6-11,15,17H,2-5,12-14,16H2,1H3. The second-order valence-electron chi connectivity index (χ2n) is 7.72. The highest BCUT2D eigenvalue weighted by Crippen LogP contribution is 2.24. The van der Waals surface area contributed by atoms with Gasteiger partial charge < -0.3 is 9.80 Å². The normalized spacial score (nSPS) is 17.3. The van der Waals surface area contributed by atoms with Gasteiger partial charge in [-0.15, -0.1) is 0 Å². The van der Waals surface area contributed by atoms with Crippen LogP contribution in [0.15, 0.2) is 42.5 Å². The zero-order valence-corrected chi connectivity index (χ0v) is 18.2. The number of hydrogen-bond acceptors (Lipinski definition) is 2. The molecule has 0 spiro atoms. The maximum atomic E-state index is 13.3. The van der Waals surface area contributed by atoms with Gasteiger partial charge in [0.25, 0.3) is 5.91 Å². The first kappa shape index (κ1) is 22.1. The highest BCUT2D eigenvalue weighted by molar-refractivity contribution is 6.42. The average Bonchev–Trinajstić information content (AvgIpc) is 2.71. The highest BCUT2D eigenvalue weighted by atomic mass is 35.5. The average molecular weight is 437 g/mol. The van der Waals surface area contributed by atoms with E-state index in [4.69, 9.17) is 23.2 Å². The minimum absolute atomic E-state index is 0.0976. The minimum Gasteiger partial charge on any atom is -0.334 e. The summed E-state index contributed by atoms with van der Waals surface area (Å²) >= 11 is 12.1. The molecule has 1 aliphatic rings. The molecule has 1 amide bonds. The minimum atomic E-state index is -0.282. The number of amides is 1. The fraction of sp³-hybridized carbons (Fsp3) is 0.435. The Hall–Kier alpha value is -1.62. The summed E-state index contributed by atoms with van der Waals surface area (Å²) in [4.78, 5) is 17.5. The molecule has 0 radical (unpaired) electrons. The molecular weight excluding hydrogens is 410 g/mol. The SMILES string of the molecule is CC1CCCCN1CCCN(Cc1ccc(F)cc1)C(=O)c1ccc(Cl)c(Cl)c1. The van der Waals surface area contributed by atoms with Gasteiger partial charge in [-0.1, -0.05) is 41.8 Å². The molecule has 2 aromatic rings. The van der Waals surface area contributed by atoms with Gasteiger partial charge in [-0.3, -0.25) is 4.79 Å². The van der Waals surface area contributed by atoms with Crippen LogP contribution in [0.4, 0.5) is 4.39 Å². The number of carbonyl (C=O) groups excluding carboxylic acids is 1. The fourth-order valence-corrected chi connectivity index (χ4v) is 4.13.